The van der Waals surface area contributed by atoms with Gasteiger partial charge < -0.3 is 40.4 Å². The first-order valence-electron chi connectivity index (χ1n) is 12.3. The number of aliphatic carboxylic acids is 2. The molecule has 0 aromatic heterocycles. The summed E-state index contributed by atoms with van der Waals surface area (Å²) in [6.45, 7) is 4.15. The molecule has 13 heteroatoms. The lowest BCUT2D eigenvalue weighted by atomic mass is 10.1. The van der Waals surface area contributed by atoms with Crippen molar-refractivity contribution in [2.75, 3.05) is 52.7 Å². The van der Waals surface area contributed by atoms with Gasteiger partial charge in [0.05, 0.1) is 26.4 Å². The Labute approximate surface area is 211 Å². The molecule has 0 aliphatic rings. The van der Waals surface area contributed by atoms with Gasteiger partial charge in [0.1, 0.15) is 12.6 Å². The topological polar surface area (TPSA) is 190 Å². The highest BCUT2D eigenvalue weighted by atomic mass is 16.5. The summed E-state index contributed by atoms with van der Waals surface area (Å²) < 4.78 is 15.6. The molecule has 1 atom stereocenters. The molecule has 3 amide bonds. The number of carboxylic acid groups (broad SMARTS) is 2. The largest absolute Gasteiger partial charge is 0.481 e. The highest BCUT2D eigenvalue weighted by molar-refractivity contribution is 5.84. The molecular formula is C23H41N3O10. The third-order valence-corrected chi connectivity index (χ3v) is 4.78. The van der Waals surface area contributed by atoms with E-state index in [-0.39, 0.29) is 70.5 Å². The molecule has 0 aliphatic carbocycles. The number of carbonyl (C=O) groups is 5. The van der Waals surface area contributed by atoms with E-state index in [1.54, 1.807) is 0 Å². The number of rotatable bonds is 24. The average molecular weight is 520 g/mol. The van der Waals surface area contributed by atoms with Crippen LogP contribution in [0.1, 0.15) is 58.3 Å². The fraction of sp³-hybridized carbons (Fsp3) is 0.783. The molecular weight excluding hydrogens is 478 g/mol. The van der Waals surface area contributed by atoms with E-state index in [9.17, 15) is 29.1 Å². The van der Waals surface area contributed by atoms with Crippen molar-refractivity contribution in [1.29, 1.82) is 0 Å². The number of carbonyl (C=O) groups excluding carboxylic acids is 3. The minimum Gasteiger partial charge on any atom is -0.481 e. The van der Waals surface area contributed by atoms with Gasteiger partial charge in [-0.1, -0.05) is 12.8 Å². The van der Waals surface area contributed by atoms with E-state index in [0.717, 1.165) is 0 Å². The number of ether oxygens (including phenoxy) is 3. The van der Waals surface area contributed by atoms with Crippen molar-refractivity contribution in [1.82, 2.24) is 16.0 Å². The molecule has 0 unspecified atom stereocenters. The van der Waals surface area contributed by atoms with Crippen LogP contribution >= 0.6 is 0 Å². The number of amides is 3. The van der Waals surface area contributed by atoms with Crippen LogP contribution in [0.25, 0.3) is 0 Å². The van der Waals surface area contributed by atoms with Crippen LogP contribution in [0.4, 0.5) is 0 Å². The van der Waals surface area contributed by atoms with Crippen LogP contribution in [0.3, 0.4) is 0 Å². The lowest BCUT2D eigenvalue weighted by molar-refractivity contribution is -0.142. The van der Waals surface area contributed by atoms with Crippen molar-refractivity contribution in [3.63, 3.8) is 0 Å². The second-order valence-electron chi connectivity index (χ2n) is 7.87. The zero-order valence-electron chi connectivity index (χ0n) is 21.1. The van der Waals surface area contributed by atoms with Gasteiger partial charge in [0.15, 0.2) is 0 Å². The molecule has 0 bridgehead atoms. The van der Waals surface area contributed by atoms with E-state index in [4.69, 9.17) is 19.3 Å². The number of unbranched alkanes of at least 4 members (excludes halogenated alkanes) is 3. The predicted octanol–water partition coefficient (Wildman–Crippen LogP) is 0.0633. The van der Waals surface area contributed by atoms with E-state index in [1.165, 1.54) is 0 Å². The molecule has 0 saturated carbocycles. The molecule has 13 nitrogen and oxygen atoms in total. The van der Waals surface area contributed by atoms with Gasteiger partial charge in [-0.3, -0.25) is 19.2 Å². The van der Waals surface area contributed by atoms with Gasteiger partial charge in [0.2, 0.25) is 17.7 Å². The van der Waals surface area contributed by atoms with Gasteiger partial charge in [0, 0.05) is 39.0 Å². The quantitative estimate of drug-likeness (QED) is 0.109. The van der Waals surface area contributed by atoms with Crippen molar-refractivity contribution < 1.29 is 48.4 Å². The Hall–Kier alpha value is -2.77. The summed E-state index contributed by atoms with van der Waals surface area (Å²) in [6.07, 6.45) is 2.54. The third kappa shape index (κ3) is 21.7. The minimum absolute atomic E-state index is 0.0488. The second-order valence-corrected chi connectivity index (χ2v) is 7.87. The monoisotopic (exact) mass is 519 g/mol. The van der Waals surface area contributed by atoms with E-state index >= 15 is 0 Å². The Morgan fingerprint density at radius 3 is 1.94 bits per heavy atom. The van der Waals surface area contributed by atoms with Gasteiger partial charge in [0.25, 0.3) is 0 Å². The highest BCUT2D eigenvalue weighted by Crippen LogP contribution is 2.06. The lowest BCUT2D eigenvalue weighted by Crippen LogP contribution is -2.41. The summed E-state index contributed by atoms with van der Waals surface area (Å²) in [5.74, 6) is -3.10. The Bertz CT molecular complexity index is 660. The van der Waals surface area contributed by atoms with E-state index in [2.05, 4.69) is 16.0 Å². The Morgan fingerprint density at radius 1 is 0.694 bits per heavy atom. The Kier molecular flexibility index (Phi) is 20.9. The summed E-state index contributed by atoms with van der Waals surface area (Å²) in [6, 6.07) is -1.17. The molecule has 0 saturated heterocycles. The smallest absolute Gasteiger partial charge is 0.326 e. The van der Waals surface area contributed by atoms with Crippen molar-refractivity contribution in [3.8, 4) is 0 Å². The number of hydrogen-bond donors (Lipinski definition) is 5. The number of hydrogen-bond acceptors (Lipinski definition) is 8. The van der Waals surface area contributed by atoms with E-state index < -0.39 is 23.9 Å². The van der Waals surface area contributed by atoms with Gasteiger partial charge >= 0.3 is 11.9 Å². The molecule has 208 valence electrons. The summed E-state index contributed by atoms with van der Waals surface area (Å²) in [4.78, 5) is 57.1. The second kappa shape index (κ2) is 22.7. The zero-order chi connectivity index (χ0) is 27.0. The molecule has 0 heterocycles. The van der Waals surface area contributed by atoms with Crippen LogP contribution in [-0.4, -0.2) is 98.6 Å². The fourth-order valence-corrected chi connectivity index (χ4v) is 2.91. The van der Waals surface area contributed by atoms with Crippen LogP contribution in [-0.2, 0) is 38.2 Å². The number of nitrogens with one attached hydrogen (secondary N) is 3. The molecule has 0 rings (SSSR count). The van der Waals surface area contributed by atoms with E-state index in [1.807, 2.05) is 6.92 Å². The van der Waals surface area contributed by atoms with Gasteiger partial charge in [-0.05, 0) is 26.2 Å². The molecule has 0 aliphatic heterocycles. The number of carboxylic acids is 2. The maximum Gasteiger partial charge on any atom is 0.326 e. The molecule has 0 radical (unpaired) electrons. The van der Waals surface area contributed by atoms with Crippen molar-refractivity contribution in [2.24, 2.45) is 0 Å². The standard InChI is InChI=1S/C23H41N3O10/c1-2-34-13-11-25-21(29)17-36-16-15-35-14-12-24-19(27)10-9-18(23(32)33)26-20(28)7-5-3-4-6-8-22(30)31/h18H,2-17H2,1H3,(H,24,27)(H,25,29)(H,26,28)(H,30,31)(H,32,33)/t18-/m0/s1. The van der Waals surface area contributed by atoms with Crippen molar-refractivity contribution in [3.05, 3.63) is 0 Å². The van der Waals surface area contributed by atoms with Crippen LogP contribution in [0, 0.1) is 0 Å². The van der Waals surface area contributed by atoms with Crippen molar-refractivity contribution >= 4 is 29.7 Å². The van der Waals surface area contributed by atoms with Crippen LogP contribution in [0.5, 0.6) is 0 Å². The first-order chi connectivity index (χ1) is 17.3. The molecule has 0 aromatic rings. The maximum atomic E-state index is 11.9. The third-order valence-electron chi connectivity index (χ3n) is 4.78. The normalized spacial score (nSPS) is 11.5. The summed E-state index contributed by atoms with van der Waals surface area (Å²) >= 11 is 0. The van der Waals surface area contributed by atoms with Gasteiger partial charge in [-0.15, -0.1) is 0 Å². The minimum atomic E-state index is -1.22. The molecule has 5 N–H and O–H groups in total. The predicted molar refractivity (Wildman–Crippen MR) is 128 cm³/mol. The Morgan fingerprint density at radius 2 is 1.31 bits per heavy atom. The lowest BCUT2D eigenvalue weighted by Gasteiger charge is -2.14. The zero-order valence-corrected chi connectivity index (χ0v) is 21.1. The highest BCUT2D eigenvalue weighted by Gasteiger charge is 2.20. The SMILES string of the molecule is CCOCCNC(=O)COCCOCCNC(=O)CC[C@H](NC(=O)CCCCCCC(=O)O)C(=O)O. The van der Waals surface area contributed by atoms with Gasteiger partial charge in [-0.2, -0.15) is 0 Å². The van der Waals surface area contributed by atoms with Crippen molar-refractivity contribution in [2.45, 2.75) is 64.3 Å². The molecule has 0 spiro atoms. The molecule has 0 aromatic carbocycles. The summed E-state index contributed by atoms with van der Waals surface area (Å²) in [5.41, 5.74) is 0. The summed E-state index contributed by atoms with van der Waals surface area (Å²) in [7, 11) is 0. The average Bonchev–Trinajstić information content (AvgIpc) is 2.82. The first-order valence-corrected chi connectivity index (χ1v) is 12.3. The summed E-state index contributed by atoms with van der Waals surface area (Å²) in [5, 5.41) is 25.5. The van der Waals surface area contributed by atoms with Crippen LogP contribution in [0.2, 0.25) is 0 Å². The van der Waals surface area contributed by atoms with Gasteiger partial charge in [-0.25, -0.2) is 4.79 Å². The molecule has 0 fully saturated rings. The van der Waals surface area contributed by atoms with E-state index in [0.29, 0.717) is 45.4 Å². The maximum absolute atomic E-state index is 11.9. The first kappa shape index (κ1) is 33.2. The van der Waals surface area contributed by atoms with Crippen LogP contribution in [0.15, 0.2) is 0 Å². The Balaban J connectivity index is 3.79. The fourth-order valence-electron chi connectivity index (χ4n) is 2.91. The van der Waals surface area contributed by atoms with Crippen LogP contribution < -0.4 is 16.0 Å². The molecule has 36 heavy (non-hydrogen) atoms.